The van der Waals surface area contributed by atoms with Gasteiger partial charge in [0.1, 0.15) is 17.2 Å². The second-order valence-electron chi connectivity index (χ2n) is 8.88. The summed E-state index contributed by atoms with van der Waals surface area (Å²) in [7, 11) is 1.56. The predicted octanol–water partition coefficient (Wildman–Crippen LogP) is 6.28. The highest BCUT2D eigenvalue weighted by Gasteiger charge is 2.14. The summed E-state index contributed by atoms with van der Waals surface area (Å²) < 4.78 is 10.6. The highest BCUT2D eigenvalue weighted by atomic mass is 16.5. The Morgan fingerprint density at radius 1 is 0.600 bits per heavy atom. The van der Waals surface area contributed by atoms with Gasteiger partial charge in [0.15, 0.2) is 0 Å². The second kappa shape index (κ2) is 11.4. The van der Waals surface area contributed by atoms with Gasteiger partial charge >= 0.3 is 5.97 Å². The molecule has 0 bridgehead atoms. The van der Waals surface area contributed by atoms with E-state index < -0.39 is 5.97 Å². The number of hydrogen-bond donors (Lipinski definition) is 3. The molecule has 3 N–H and O–H groups in total. The highest BCUT2D eigenvalue weighted by Crippen LogP contribution is 2.23. The van der Waals surface area contributed by atoms with E-state index in [1.165, 1.54) is 6.07 Å². The number of phenols is 1. The summed E-state index contributed by atoms with van der Waals surface area (Å²) >= 11 is 0. The molecule has 0 aliphatic rings. The fourth-order valence-corrected chi connectivity index (χ4v) is 4.01. The number of carbonyl (C=O) groups is 3. The molecule has 0 radical (unpaired) electrons. The molecule has 0 aromatic heterocycles. The molecule has 5 aromatic rings. The van der Waals surface area contributed by atoms with E-state index in [4.69, 9.17) is 9.47 Å². The number of hydrogen-bond acceptors (Lipinski definition) is 6. The average molecular weight is 533 g/mol. The summed E-state index contributed by atoms with van der Waals surface area (Å²) in [6, 6.07) is 29.6. The lowest BCUT2D eigenvalue weighted by atomic mass is 10.1. The zero-order valence-corrected chi connectivity index (χ0v) is 21.4. The van der Waals surface area contributed by atoms with E-state index in [2.05, 4.69) is 10.6 Å². The van der Waals surface area contributed by atoms with Crippen LogP contribution in [0, 0.1) is 0 Å². The molecule has 8 nitrogen and oxygen atoms in total. The van der Waals surface area contributed by atoms with Crippen LogP contribution in [0.3, 0.4) is 0 Å². The number of methoxy groups -OCH3 is 1. The third-order valence-corrected chi connectivity index (χ3v) is 6.12. The molecule has 40 heavy (non-hydrogen) atoms. The SMILES string of the molecule is COc1ccc(NC(=O)c2cccc(C(=O)Oc3ccc(NC(=O)c4ccc5cc(O)ccc5c4)cc3)c2)cc1. The molecule has 0 spiro atoms. The van der Waals surface area contributed by atoms with E-state index in [1.54, 1.807) is 110 Å². The minimum Gasteiger partial charge on any atom is -0.508 e. The lowest BCUT2D eigenvalue weighted by Gasteiger charge is -2.09. The third-order valence-electron chi connectivity index (χ3n) is 6.12. The van der Waals surface area contributed by atoms with Crippen LogP contribution in [0.15, 0.2) is 109 Å². The summed E-state index contributed by atoms with van der Waals surface area (Å²) in [6.07, 6.45) is 0. The number of phenolic OH excluding ortho intramolecular Hbond substituents is 1. The topological polar surface area (TPSA) is 114 Å². The van der Waals surface area contributed by atoms with Crippen LogP contribution in [-0.4, -0.2) is 30.0 Å². The molecular weight excluding hydrogens is 508 g/mol. The molecule has 0 aliphatic heterocycles. The smallest absolute Gasteiger partial charge is 0.343 e. The first-order valence-corrected chi connectivity index (χ1v) is 12.3. The summed E-state index contributed by atoms with van der Waals surface area (Å²) in [5, 5.41) is 16.9. The molecule has 0 saturated carbocycles. The largest absolute Gasteiger partial charge is 0.508 e. The molecule has 2 amide bonds. The van der Waals surface area contributed by atoms with Crippen LogP contribution in [-0.2, 0) is 0 Å². The molecule has 0 heterocycles. The minimum absolute atomic E-state index is 0.161. The Morgan fingerprint density at radius 3 is 1.80 bits per heavy atom. The van der Waals surface area contributed by atoms with Crippen LogP contribution in [0.5, 0.6) is 17.2 Å². The maximum absolute atomic E-state index is 12.7. The highest BCUT2D eigenvalue weighted by molar-refractivity contribution is 6.07. The number of benzene rings is 5. The van der Waals surface area contributed by atoms with Gasteiger partial charge in [0.05, 0.1) is 12.7 Å². The van der Waals surface area contributed by atoms with Crippen LogP contribution in [0.25, 0.3) is 10.8 Å². The summed E-state index contributed by atoms with van der Waals surface area (Å²) in [5.41, 5.74) is 2.09. The van der Waals surface area contributed by atoms with Gasteiger partial charge in [-0.2, -0.15) is 0 Å². The van der Waals surface area contributed by atoms with Crippen LogP contribution in [0.1, 0.15) is 31.1 Å². The second-order valence-corrected chi connectivity index (χ2v) is 8.88. The number of esters is 1. The first-order valence-electron chi connectivity index (χ1n) is 12.3. The summed E-state index contributed by atoms with van der Waals surface area (Å²) in [6.45, 7) is 0. The van der Waals surface area contributed by atoms with E-state index in [1.807, 2.05) is 0 Å². The molecule has 5 aromatic carbocycles. The molecule has 8 heteroatoms. The van der Waals surface area contributed by atoms with E-state index in [0.29, 0.717) is 28.3 Å². The van der Waals surface area contributed by atoms with Crippen molar-refractivity contribution in [2.24, 2.45) is 0 Å². The van der Waals surface area contributed by atoms with E-state index in [0.717, 1.165) is 10.8 Å². The Morgan fingerprint density at radius 2 is 1.15 bits per heavy atom. The fraction of sp³-hybridized carbons (Fsp3) is 0.0312. The van der Waals surface area contributed by atoms with E-state index in [-0.39, 0.29) is 28.9 Å². The van der Waals surface area contributed by atoms with Gasteiger partial charge in [0.2, 0.25) is 0 Å². The van der Waals surface area contributed by atoms with Gasteiger partial charge in [0, 0.05) is 22.5 Å². The van der Waals surface area contributed by atoms with Crippen molar-refractivity contribution in [1.29, 1.82) is 0 Å². The summed E-state index contributed by atoms with van der Waals surface area (Å²) in [5.74, 6) is -0.187. The molecule has 5 rings (SSSR count). The first kappa shape index (κ1) is 26.0. The van der Waals surface area contributed by atoms with E-state index >= 15 is 0 Å². The number of anilines is 2. The lowest BCUT2D eigenvalue weighted by Crippen LogP contribution is -2.14. The van der Waals surface area contributed by atoms with Crippen molar-refractivity contribution < 1.29 is 29.0 Å². The number of aromatic hydroxyl groups is 1. The number of rotatable bonds is 7. The van der Waals surface area contributed by atoms with Crippen molar-refractivity contribution in [3.05, 3.63) is 126 Å². The first-order chi connectivity index (χ1) is 19.4. The molecule has 0 fully saturated rings. The fourth-order valence-electron chi connectivity index (χ4n) is 4.01. The van der Waals surface area contributed by atoms with Crippen molar-refractivity contribution in [1.82, 2.24) is 0 Å². The molecule has 0 atom stereocenters. The van der Waals surface area contributed by atoms with Gasteiger partial charge in [-0.3, -0.25) is 9.59 Å². The Labute approximate surface area is 229 Å². The van der Waals surface area contributed by atoms with Crippen LogP contribution >= 0.6 is 0 Å². The lowest BCUT2D eigenvalue weighted by molar-refractivity contribution is 0.0734. The van der Waals surface area contributed by atoms with E-state index in [9.17, 15) is 19.5 Å². The van der Waals surface area contributed by atoms with Crippen LogP contribution in [0.2, 0.25) is 0 Å². The minimum atomic E-state index is -0.627. The van der Waals surface area contributed by atoms with Gasteiger partial charge in [-0.05, 0) is 102 Å². The molecule has 198 valence electrons. The van der Waals surface area contributed by atoms with Gasteiger partial charge in [-0.15, -0.1) is 0 Å². The molecule has 0 unspecified atom stereocenters. The molecule has 0 aliphatic carbocycles. The standard InChI is InChI=1S/C32H24N2O6/c1-39-28-13-8-25(9-14-28)33-30(36)22-3-2-4-24(18-22)32(38)40-29-15-10-26(11-16-29)34-31(37)23-6-5-21-19-27(35)12-7-20(21)17-23/h2-19,35H,1H3,(H,33,36)(H,34,37). The monoisotopic (exact) mass is 532 g/mol. The molecule has 0 saturated heterocycles. The average Bonchev–Trinajstić information content (AvgIpc) is 2.98. The number of amides is 2. The van der Waals surface area contributed by atoms with Crippen LogP contribution in [0.4, 0.5) is 11.4 Å². The quantitative estimate of drug-likeness (QED) is 0.168. The van der Waals surface area contributed by atoms with Crippen molar-refractivity contribution in [2.75, 3.05) is 17.7 Å². The van der Waals surface area contributed by atoms with Crippen molar-refractivity contribution >= 4 is 39.9 Å². The van der Waals surface area contributed by atoms with Gasteiger partial charge in [-0.1, -0.05) is 18.2 Å². The Balaban J connectivity index is 1.20. The predicted molar refractivity (Wildman–Crippen MR) is 152 cm³/mol. The Kier molecular flexibility index (Phi) is 7.41. The van der Waals surface area contributed by atoms with Crippen LogP contribution < -0.4 is 20.1 Å². The zero-order valence-electron chi connectivity index (χ0n) is 21.4. The number of carbonyl (C=O) groups excluding carboxylic acids is 3. The summed E-state index contributed by atoms with van der Waals surface area (Å²) in [4.78, 5) is 38.1. The third kappa shape index (κ3) is 6.08. The number of ether oxygens (including phenoxy) is 2. The van der Waals surface area contributed by atoms with Crippen molar-refractivity contribution in [3.8, 4) is 17.2 Å². The zero-order chi connectivity index (χ0) is 28.1. The maximum atomic E-state index is 12.7. The number of nitrogens with one attached hydrogen (secondary N) is 2. The van der Waals surface area contributed by atoms with Gasteiger partial charge in [0.25, 0.3) is 11.8 Å². The molecular formula is C32H24N2O6. The van der Waals surface area contributed by atoms with Gasteiger partial charge in [-0.25, -0.2) is 4.79 Å². The van der Waals surface area contributed by atoms with Crippen molar-refractivity contribution in [2.45, 2.75) is 0 Å². The Bertz CT molecular complexity index is 1710. The van der Waals surface area contributed by atoms with Gasteiger partial charge < -0.3 is 25.2 Å². The maximum Gasteiger partial charge on any atom is 0.343 e. The normalized spacial score (nSPS) is 10.5. The Hall–Kier alpha value is -5.63. The number of fused-ring (bicyclic) bond motifs is 1. The van der Waals surface area contributed by atoms with Crippen molar-refractivity contribution in [3.63, 3.8) is 0 Å².